The summed E-state index contributed by atoms with van der Waals surface area (Å²) in [5.74, 6) is 1.87. The van der Waals surface area contributed by atoms with Gasteiger partial charge in [0.1, 0.15) is 11.6 Å². The van der Waals surface area contributed by atoms with Crippen LogP contribution in [0.4, 0.5) is 11.5 Å². The number of anilines is 2. The molecule has 0 fully saturated rings. The van der Waals surface area contributed by atoms with Crippen molar-refractivity contribution < 1.29 is 0 Å². The van der Waals surface area contributed by atoms with Crippen LogP contribution in [-0.4, -0.2) is 35.6 Å². The van der Waals surface area contributed by atoms with Crippen LogP contribution in [0.5, 0.6) is 0 Å². The molecule has 3 aromatic rings. The average Bonchev–Trinajstić information content (AvgIpc) is 2.90. The van der Waals surface area contributed by atoms with Crippen LogP contribution in [0.1, 0.15) is 5.82 Å². The van der Waals surface area contributed by atoms with Crippen LogP contribution in [0.3, 0.4) is 0 Å². The predicted octanol–water partition coefficient (Wildman–Crippen LogP) is 2.68. The summed E-state index contributed by atoms with van der Waals surface area (Å²) in [6.07, 6.45) is 0.836. The van der Waals surface area contributed by atoms with Crippen LogP contribution >= 0.6 is 0 Å². The Labute approximate surface area is 124 Å². The lowest BCUT2D eigenvalue weighted by atomic mass is 10.3. The summed E-state index contributed by atoms with van der Waals surface area (Å²) in [6, 6.07) is 14.2. The minimum Gasteiger partial charge on any atom is -0.385 e. The van der Waals surface area contributed by atoms with E-state index in [0.29, 0.717) is 0 Å². The number of pyridine rings is 1. The molecule has 0 amide bonds. The van der Waals surface area contributed by atoms with E-state index in [-0.39, 0.29) is 0 Å². The molecule has 0 saturated heterocycles. The van der Waals surface area contributed by atoms with Gasteiger partial charge in [0.15, 0.2) is 5.65 Å². The standard InChI is InChI=1S/C16H19N5/c1-21(2)15-9-8-13-16(20-15)19-14(18-13)10-11-17-12-6-4-3-5-7-12/h3-9,17H,10-11H2,1-2H3,(H,18,19,20). The van der Waals surface area contributed by atoms with Gasteiger partial charge in [-0.2, -0.15) is 0 Å². The number of aromatic nitrogens is 3. The van der Waals surface area contributed by atoms with Gasteiger partial charge in [-0.1, -0.05) is 18.2 Å². The van der Waals surface area contributed by atoms with E-state index in [1.165, 1.54) is 0 Å². The topological polar surface area (TPSA) is 56.8 Å². The first-order valence-electron chi connectivity index (χ1n) is 7.04. The minimum absolute atomic E-state index is 0.774. The molecule has 0 unspecified atom stereocenters. The molecular formula is C16H19N5. The number of H-pyrrole nitrogens is 1. The van der Waals surface area contributed by atoms with E-state index in [4.69, 9.17) is 0 Å². The quantitative estimate of drug-likeness (QED) is 0.755. The highest BCUT2D eigenvalue weighted by atomic mass is 15.1. The van der Waals surface area contributed by atoms with Crippen LogP contribution in [0.2, 0.25) is 0 Å². The van der Waals surface area contributed by atoms with Gasteiger partial charge in [-0.15, -0.1) is 0 Å². The summed E-state index contributed by atoms with van der Waals surface area (Å²) >= 11 is 0. The first-order chi connectivity index (χ1) is 10.2. The number of imidazole rings is 1. The van der Waals surface area contributed by atoms with Crippen molar-refractivity contribution >= 4 is 22.7 Å². The highest BCUT2D eigenvalue weighted by molar-refractivity contribution is 5.73. The van der Waals surface area contributed by atoms with Crippen molar-refractivity contribution in [2.24, 2.45) is 0 Å². The van der Waals surface area contributed by atoms with Crippen molar-refractivity contribution in [3.63, 3.8) is 0 Å². The third-order valence-corrected chi connectivity index (χ3v) is 3.30. The Balaban J connectivity index is 1.67. The molecule has 1 aromatic carbocycles. The van der Waals surface area contributed by atoms with Crippen molar-refractivity contribution in [1.29, 1.82) is 0 Å². The molecule has 0 spiro atoms. The Hall–Kier alpha value is -2.56. The first-order valence-corrected chi connectivity index (χ1v) is 7.04. The van der Waals surface area contributed by atoms with E-state index >= 15 is 0 Å². The molecule has 0 saturated carbocycles. The number of benzene rings is 1. The minimum atomic E-state index is 0.774. The number of hydrogen-bond acceptors (Lipinski definition) is 4. The lowest BCUT2D eigenvalue weighted by Gasteiger charge is -2.09. The maximum atomic E-state index is 4.55. The van der Waals surface area contributed by atoms with Crippen molar-refractivity contribution in [2.45, 2.75) is 6.42 Å². The second-order valence-electron chi connectivity index (χ2n) is 5.16. The maximum absolute atomic E-state index is 4.55. The SMILES string of the molecule is CN(C)c1ccc2[nH]c(CCNc3ccccc3)nc2n1. The van der Waals surface area contributed by atoms with Crippen molar-refractivity contribution in [3.8, 4) is 0 Å². The van der Waals surface area contributed by atoms with Crippen LogP contribution < -0.4 is 10.2 Å². The van der Waals surface area contributed by atoms with Crippen LogP contribution in [0, 0.1) is 0 Å². The maximum Gasteiger partial charge on any atom is 0.179 e. The zero-order chi connectivity index (χ0) is 14.7. The van der Waals surface area contributed by atoms with Crippen molar-refractivity contribution in [1.82, 2.24) is 15.0 Å². The molecule has 2 N–H and O–H groups in total. The van der Waals surface area contributed by atoms with E-state index < -0.39 is 0 Å². The molecule has 2 aromatic heterocycles. The van der Waals surface area contributed by atoms with Gasteiger partial charge in [0.05, 0.1) is 5.52 Å². The smallest absolute Gasteiger partial charge is 0.179 e. The van der Waals surface area contributed by atoms with E-state index in [1.807, 2.05) is 49.3 Å². The number of rotatable bonds is 5. The number of nitrogens with one attached hydrogen (secondary N) is 2. The fourth-order valence-electron chi connectivity index (χ4n) is 2.18. The van der Waals surface area contributed by atoms with E-state index in [9.17, 15) is 0 Å². The Kier molecular flexibility index (Phi) is 3.73. The van der Waals surface area contributed by atoms with Crippen LogP contribution in [-0.2, 0) is 6.42 Å². The van der Waals surface area contributed by atoms with Gasteiger partial charge in [-0.25, -0.2) is 9.97 Å². The number of nitrogens with zero attached hydrogens (tertiary/aromatic N) is 3. The largest absolute Gasteiger partial charge is 0.385 e. The summed E-state index contributed by atoms with van der Waals surface area (Å²) < 4.78 is 0. The Morgan fingerprint density at radius 2 is 1.86 bits per heavy atom. The number of aromatic amines is 1. The second-order valence-corrected chi connectivity index (χ2v) is 5.16. The molecule has 0 aliphatic carbocycles. The van der Waals surface area contributed by atoms with Crippen molar-refractivity contribution in [3.05, 3.63) is 48.3 Å². The predicted molar refractivity (Wildman–Crippen MR) is 86.9 cm³/mol. The molecule has 3 rings (SSSR count). The number of hydrogen-bond donors (Lipinski definition) is 2. The summed E-state index contributed by atoms with van der Waals surface area (Å²) in [6.45, 7) is 0.838. The molecule has 0 bridgehead atoms. The molecule has 5 nitrogen and oxygen atoms in total. The summed E-state index contributed by atoms with van der Waals surface area (Å²) in [5, 5.41) is 3.38. The molecule has 21 heavy (non-hydrogen) atoms. The van der Waals surface area contributed by atoms with Gasteiger partial charge in [0.2, 0.25) is 0 Å². The zero-order valence-corrected chi connectivity index (χ0v) is 12.3. The highest BCUT2D eigenvalue weighted by Crippen LogP contribution is 2.15. The van der Waals surface area contributed by atoms with Gasteiger partial charge < -0.3 is 15.2 Å². The summed E-state index contributed by atoms with van der Waals surface area (Å²) in [7, 11) is 3.96. The van der Waals surface area contributed by atoms with Gasteiger partial charge in [-0.05, 0) is 24.3 Å². The fraction of sp³-hybridized carbons (Fsp3) is 0.250. The lowest BCUT2D eigenvalue weighted by Crippen LogP contribution is -2.10. The Bertz CT molecular complexity index is 718. The lowest BCUT2D eigenvalue weighted by molar-refractivity contribution is 0.932. The second kappa shape index (κ2) is 5.83. The Morgan fingerprint density at radius 1 is 1.05 bits per heavy atom. The van der Waals surface area contributed by atoms with E-state index in [0.717, 1.165) is 41.5 Å². The van der Waals surface area contributed by atoms with E-state index in [2.05, 4.69) is 32.4 Å². The molecule has 0 aliphatic heterocycles. The van der Waals surface area contributed by atoms with Crippen molar-refractivity contribution in [2.75, 3.05) is 30.9 Å². The molecule has 0 radical (unpaired) electrons. The normalized spacial score (nSPS) is 10.8. The van der Waals surface area contributed by atoms with E-state index in [1.54, 1.807) is 0 Å². The zero-order valence-electron chi connectivity index (χ0n) is 12.3. The third-order valence-electron chi connectivity index (χ3n) is 3.30. The third kappa shape index (κ3) is 3.13. The number of para-hydroxylation sites is 1. The molecule has 2 heterocycles. The van der Waals surface area contributed by atoms with Gasteiger partial charge in [0.25, 0.3) is 0 Å². The summed E-state index contributed by atoms with van der Waals surface area (Å²) in [4.78, 5) is 14.4. The molecule has 0 atom stereocenters. The Morgan fingerprint density at radius 3 is 2.62 bits per heavy atom. The monoisotopic (exact) mass is 281 g/mol. The molecule has 0 aliphatic rings. The summed E-state index contributed by atoms with van der Waals surface area (Å²) in [5.41, 5.74) is 2.88. The van der Waals surface area contributed by atoms with Gasteiger partial charge in [0, 0.05) is 32.7 Å². The van der Waals surface area contributed by atoms with Crippen LogP contribution in [0.15, 0.2) is 42.5 Å². The molecule has 108 valence electrons. The fourth-order valence-corrected chi connectivity index (χ4v) is 2.18. The van der Waals surface area contributed by atoms with Gasteiger partial charge >= 0.3 is 0 Å². The van der Waals surface area contributed by atoms with Gasteiger partial charge in [-0.3, -0.25) is 0 Å². The molecular weight excluding hydrogens is 262 g/mol. The highest BCUT2D eigenvalue weighted by Gasteiger charge is 2.06. The van der Waals surface area contributed by atoms with Crippen LogP contribution in [0.25, 0.3) is 11.2 Å². The first kappa shape index (κ1) is 13.4. The average molecular weight is 281 g/mol. The molecule has 5 heteroatoms. The number of fused-ring (bicyclic) bond motifs is 1.